The van der Waals surface area contributed by atoms with Crippen LogP contribution in [0.25, 0.3) is 0 Å². The van der Waals surface area contributed by atoms with E-state index < -0.39 is 9.84 Å². The molecule has 104 valence electrons. The highest BCUT2D eigenvalue weighted by Crippen LogP contribution is 1.99. The number of ether oxygens (including phenoxy) is 1. The van der Waals surface area contributed by atoms with Gasteiger partial charge in [0.15, 0.2) is 0 Å². The lowest BCUT2D eigenvalue weighted by molar-refractivity contribution is 0.118. The number of rotatable bonds is 9. The number of sulfone groups is 1. The summed E-state index contributed by atoms with van der Waals surface area (Å²) in [5.41, 5.74) is 0. The Morgan fingerprint density at radius 3 is 2.72 bits per heavy atom. The Bertz CT molecular complexity index is 383. The summed E-state index contributed by atoms with van der Waals surface area (Å²) in [5, 5.41) is 0. The molecule has 0 aliphatic rings. The van der Waals surface area contributed by atoms with E-state index in [-0.39, 0.29) is 11.7 Å². The molecule has 0 saturated carbocycles. The molecule has 0 aromatic heterocycles. The Hall–Kier alpha value is -0.940. The van der Waals surface area contributed by atoms with Crippen LogP contribution in [0.4, 0.5) is 0 Å². The summed E-state index contributed by atoms with van der Waals surface area (Å²) in [5.74, 6) is 0.455. The summed E-state index contributed by atoms with van der Waals surface area (Å²) in [6, 6.07) is 0. The largest absolute Gasteiger partial charge is 0.381 e. The van der Waals surface area contributed by atoms with E-state index in [2.05, 4.69) is 4.99 Å². The summed E-state index contributed by atoms with van der Waals surface area (Å²) in [4.78, 5) is 4.05. The molecule has 0 heterocycles. The zero-order chi connectivity index (χ0) is 13.9. The molecule has 1 unspecified atom stereocenters. The first kappa shape index (κ1) is 17.1. The molecule has 0 bridgehead atoms. The van der Waals surface area contributed by atoms with Crippen molar-refractivity contribution in [3.05, 3.63) is 24.4 Å². The van der Waals surface area contributed by atoms with E-state index in [1.807, 2.05) is 32.1 Å². The highest BCUT2D eigenvalue weighted by atomic mass is 32.2. The zero-order valence-corrected chi connectivity index (χ0v) is 12.2. The van der Waals surface area contributed by atoms with Crippen LogP contribution in [0.5, 0.6) is 0 Å². The standard InChI is InChI=1S/C13H23NO3S/c1-4-5-8-14-9-7-13(2)12-17-10-6-11-18(3,15)16/h4-5,7-9,13H,6,10-12H2,1-3H3/b5-4-,9-7?,14-8?. The number of nitrogens with zero attached hydrogens (tertiary/aromatic N) is 1. The van der Waals surface area contributed by atoms with Gasteiger partial charge < -0.3 is 4.74 Å². The van der Waals surface area contributed by atoms with Gasteiger partial charge in [0.05, 0.1) is 12.4 Å². The summed E-state index contributed by atoms with van der Waals surface area (Å²) in [6.07, 6.45) is 11.0. The van der Waals surface area contributed by atoms with Crippen LogP contribution in [0, 0.1) is 5.92 Å². The number of allylic oxidation sites excluding steroid dienone is 2. The minimum absolute atomic E-state index is 0.185. The van der Waals surface area contributed by atoms with E-state index in [0.29, 0.717) is 19.6 Å². The Balaban J connectivity index is 3.62. The maximum atomic E-state index is 10.9. The van der Waals surface area contributed by atoms with Gasteiger partial charge in [-0.25, -0.2) is 8.42 Å². The zero-order valence-electron chi connectivity index (χ0n) is 11.4. The Labute approximate surface area is 110 Å². The van der Waals surface area contributed by atoms with Gasteiger partial charge >= 0.3 is 0 Å². The van der Waals surface area contributed by atoms with E-state index in [1.165, 1.54) is 6.26 Å². The average Bonchev–Trinajstić information content (AvgIpc) is 2.27. The van der Waals surface area contributed by atoms with Crippen LogP contribution >= 0.6 is 0 Å². The Morgan fingerprint density at radius 1 is 1.39 bits per heavy atom. The summed E-state index contributed by atoms with van der Waals surface area (Å²) in [7, 11) is -2.87. The molecule has 0 aromatic rings. The van der Waals surface area contributed by atoms with Gasteiger partial charge in [0.25, 0.3) is 0 Å². The molecule has 1 atom stereocenters. The van der Waals surface area contributed by atoms with Gasteiger partial charge in [-0.05, 0) is 25.3 Å². The first-order valence-corrected chi connectivity index (χ1v) is 8.08. The SMILES string of the molecule is C/C=C\C=NC=CC(C)COCCCS(C)(=O)=O. The maximum Gasteiger partial charge on any atom is 0.147 e. The second kappa shape index (κ2) is 10.0. The number of hydrogen-bond donors (Lipinski definition) is 0. The topological polar surface area (TPSA) is 55.7 Å². The van der Waals surface area contributed by atoms with Crippen molar-refractivity contribution in [2.45, 2.75) is 20.3 Å². The first-order chi connectivity index (χ1) is 8.45. The third-order valence-corrected chi connectivity index (χ3v) is 3.08. The van der Waals surface area contributed by atoms with Crippen molar-refractivity contribution in [2.24, 2.45) is 10.9 Å². The van der Waals surface area contributed by atoms with Crippen LogP contribution in [0.15, 0.2) is 29.4 Å². The smallest absolute Gasteiger partial charge is 0.147 e. The Kier molecular flexibility index (Phi) is 9.50. The molecule has 5 heteroatoms. The third-order valence-electron chi connectivity index (χ3n) is 2.05. The molecule has 0 N–H and O–H groups in total. The quantitative estimate of drug-likeness (QED) is 0.478. The monoisotopic (exact) mass is 273 g/mol. The van der Waals surface area contributed by atoms with Gasteiger partial charge in [0.1, 0.15) is 9.84 Å². The molecule has 0 rings (SSSR count). The van der Waals surface area contributed by atoms with Crippen molar-refractivity contribution in [3.8, 4) is 0 Å². The predicted octanol–water partition coefficient (Wildman–Crippen LogP) is 2.23. The molecule has 18 heavy (non-hydrogen) atoms. The highest BCUT2D eigenvalue weighted by molar-refractivity contribution is 7.90. The van der Waals surface area contributed by atoms with Crippen LogP contribution in [-0.2, 0) is 14.6 Å². The van der Waals surface area contributed by atoms with Crippen molar-refractivity contribution in [1.82, 2.24) is 0 Å². The average molecular weight is 273 g/mol. The molecule has 0 aliphatic heterocycles. The van der Waals surface area contributed by atoms with Gasteiger partial charge in [-0.2, -0.15) is 0 Å². The molecule has 4 nitrogen and oxygen atoms in total. The molecule has 0 aromatic carbocycles. The fourth-order valence-electron chi connectivity index (χ4n) is 1.13. The number of aliphatic imine (C=N–C) groups is 1. The summed E-state index contributed by atoms with van der Waals surface area (Å²) in [6.45, 7) is 5.02. The second-order valence-corrected chi connectivity index (χ2v) is 6.46. The Morgan fingerprint density at radius 2 is 2.11 bits per heavy atom. The lowest BCUT2D eigenvalue weighted by Crippen LogP contribution is -2.09. The van der Waals surface area contributed by atoms with E-state index in [1.54, 1.807) is 12.4 Å². The lowest BCUT2D eigenvalue weighted by atomic mass is 10.2. The molecule has 0 radical (unpaired) electrons. The minimum Gasteiger partial charge on any atom is -0.381 e. The summed E-state index contributed by atoms with van der Waals surface area (Å²) >= 11 is 0. The van der Waals surface area contributed by atoms with Crippen molar-refractivity contribution in [2.75, 3.05) is 25.2 Å². The van der Waals surface area contributed by atoms with Crippen LogP contribution in [-0.4, -0.2) is 39.9 Å². The van der Waals surface area contributed by atoms with Crippen molar-refractivity contribution >= 4 is 16.1 Å². The van der Waals surface area contributed by atoms with Crippen molar-refractivity contribution in [3.63, 3.8) is 0 Å². The number of hydrogen-bond acceptors (Lipinski definition) is 4. The molecule has 0 fully saturated rings. The molecule has 0 spiro atoms. The van der Waals surface area contributed by atoms with Crippen LogP contribution in [0.1, 0.15) is 20.3 Å². The maximum absolute atomic E-state index is 10.9. The molecular formula is C13H23NO3S. The van der Waals surface area contributed by atoms with Gasteiger partial charge in [-0.15, -0.1) is 0 Å². The lowest BCUT2D eigenvalue weighted by Gasteiger charge is -2.06. The van der Waals surface area contributed by atoms with Crippen LogP contribution < -0.4 is 0 Å². The molecule has 0 aliphatic carbocycles. The summed E-state index contributed by atoms with van der Waals surface area (Å²) < 4.78 is 27.1. The minimum atomic E-state index is -2.87. The van der Waals surface area contributed by atoms with Crippen LogP contribution in [0.2, 0.25) is 0 Å². The van der Waals surface area contributed by atoms with Gasteiger partial charge in [0.2, 0.25) is 0 Å². The van der Waals surface area contributed by atoms with Crippen molar-refractivity contribution < 1.29 is 13.2 Å². The van der Waals surface area contributed by atoms with Gasteiger partial charge in [-0.1, -0.05) is 19.1 Å². The van der Waals surface area contributed by atoms with Crippen molar-refractivity contribution in [1.29, 1.82) is 0 Å². The van der Waals surface area contributed by atoms with E-state index in [9.17, 15) is 8.42 Å². The van der Waals surface area contributed by atoms with Crippen LogP contribution in [0.3, 0.4) is 0 Å². The first-order valence-electron chi connectivity index (χ1n) is 6.02. The molecule has 0 saturated heterocycles. The van der Waals surface area contributed by atoms with E-state index >= 15 is 0 Å². The predicted molar refractivity (Wildman–Crippen MR) is 76.8 cm³/mol. The van der Waals surface area contributed by atoms with Gasteiger partial charge in [-0.3, -0.25) is 4.99 Å². The third kappa shape index (κ3) is 13.1. The van der Waals surface area contributed by atoms with Gasteiger partial charge in [0, 0.05) is 25.3 Å². The highest BCUT2D eigenvalue weighted by Gasteiger charge is 2.02. The fraction of sp³-hybridized carbons (Fsp3) is 0.615. The van der Waals surface area contributed by atoms with E-state index in [0.717, 1.165) is 0 Å². The molecular weight excluding hydrogens is 250 g/mol. The fourth-order valence-corrected chi connectivity index (χ4v) is 1.77. The normalized spacial score (nSPS) is 15.1. The van der Waals surface area contributed by atoms with E-state index in [4.69, 9.17) is 4.74 Å². The molecule has 0 amide bonds. The second-order valence-electron chi connectivity index (χ2n) is 4.20.